The van der Waals surface area contributed by atoms with Crippen molar-refractivity contribution in [1.82, 2.24) is 20.4 Å². The van der Waals surface area contributed by atoms with Gasteiger partial charge in [-0.15, -0.1) is 11.3 Å². The minimum atomic E-state index is -0.569. The maximum atomic E-state index is 12.4. The summed E-state index contributed by atoms with van der Waals surface area (Å²) in [5.74, 6) is -1.14. The Morgan fingerprint density at radius 3 is 2.55 bits per heavy atom. The topological polar surface area (TPSA) is 73.9 Å². The number of fused-ring (bicyclic) bond motifs is 1. The molecule has 1 aromatic heterocycles. The van der Waals surface area contributed by atoms with Crippen LogP contribution in [0.3, 0.4) is 0 Å². The first-order valence-electron chi connectivity index (χ1n) is 10.9. The van der Waals surface area contributed by atoms with Crippen molar-refractivity contribution in [3.05, 3.63) is 57.8 Å². The molecule has 4 rings (SSSR count). The van der Waals surface area contributed by atoms with Crippen molar-refractivity contribution < 1.29 is 14.3 Å². The normalized spacial score (nSPS) is 18.2. The molecule has 166 valence electrons. The smallest absolute Gasteiger partial charge is 0.309 e. The van der Waals surface area contributed by atoms with Gasteiger partial charge in [0.2, 0.25) is 0 Å². The predicted octanol–water partition coefficient (Wildman–Crippen LogP) is 1.41. The summed E-state index contributed by atoms with van der Waals surface area (Å²) in [7, 11) is 0. The number of amides is 2. The third-order valence-electron chi connectivity index (χ3n) is 5.95. The van der Waals surface area contributed by atoms with E-state index in [1.807, 2.05) is 6.07 Å². The molecule has 8 heteroatoms. The van der Waals surface area contributed by atoms with E-state index in [2.05, 4.69) is 56.1 Å². The van der Waals surface area contributed by atoms with Crippen LogP contribution in [0.1, 0.15) is 22.0 Å². The Morgan fingerprint density at radius 2 is 1.77 bits per heavy atom. The average molecular weight is 443 g/mol. The lowest BCUT2D eigenvalue weighted by molar-refractivity contribution is -0.139. The number of hydrogen-bond donors (Lipinski definition) is 2. The van der Waals surface area contributed by atoms with Gasteiger partial charge in [0.05, 0.1) is 19.3 Å². The summed E-state index contributed by atoms with van der Waals surface area (Å²) in [5.41, 5.74) is 2.73. The van der Waals surface area contributed by atoms with E-state index in [0.717, 1.165) is 52.4 Å². The van der Waals surface area contributed by atoms with Crippen LogP contribution in [0.2, 0.25) is 0 Å². The lowest BCUT2D eigenvalue weighted by atomic mass is 9.98. The van der Waals surface area contributed by atoms with Crippen LogP contribution in [0, 0.1) is 0 Å². The van der Waals surface area contributed by atoms with E-state index in [1.54, 1.807) is 11.3 Å². The molecule has 1 unspecified atom stereocenters. The molecule has 1 fully saturated rings. The second-order valence-electron chi connectivity index (χ2n) is 7.94. The van der Waals surface area contributed by atoms with Gasteiger partial charge in [-0.05, 0) is 29.0 Å². The van der Waals surface area contributed by atoms with Crippen molar-refractivity contribution in [1.29, 1.82) is 0 Å². The van der Waals surface area contributed by atoms with Gasteiger partial charge in [0.15, 0.2) is 0 Å². The van der Waals surface area contributed by atoms with Crippen molar-refractivity contribution in [3.63, 3.8) is 0 Å². The molecular formula is C23H30N4O3S. The summed E-state index contributed by atoms with van der Waals surface area (Å²) >= 11 is 1.69. The van der Waals surface area contributed by atoms with Crippen molar-refractivity contribution in [2.75, 3.05) is 52.5 Å². The van der Waals surface area contributed by atoms with Crippen LogP contribution in [-0.4, -0.2) is 74.1 Å². The fourth-order valence-electron chi connectivity index (χ4n) is 4.18. The van der Waals surface area contributed by atoms with Gasteiger partial charge in [-0.3, -0.25) is 19.4 Å². The Bertz CT molecular complexity index is 867. The number of carbonyl (C=O) groups is 2. The van der Waals surface area contributed by atoms with E-state index in [-0.39, 0.29) is 6.04 Å². The molecule has 1 saturated heterocycles. The molecule has 31 heavy (non-hydrogen) atoms. The SMILES string of the molecule is O=C(NCCN1CCOCC1)C(=O)NCC(c1cccs1)N1CCc2ccccc2C1. The second-order valence-corrected chi connectivity index (χ2v) is 8.92. The first-order valence-corrected chi connectivity index (χ1v) is 11.8. The lowest BCUT2D eigenvalue weighted by Gasteiger charge is -2.35. The van der Waals surface area contributed by atoms with Crippen molar-refractivity contribution in [2.45, 2.75) is 19.0 Å². The first kappa shape index (κ1) is 22.0. The van der Waals surface area contributed by atoms with E-state index in [4.69, 9.17) is 4.74 Å². The number of nitrogens with one attached hydrogen (secondary N) is 2. The third-order valence-corrected chi connectivity index (χ3v) is 6.93. The number of morpholine rings is 1. The van der Waals surface area contributed by atoms with Crippen molar-refractivity contribution >= 4 is 23.2 Å². The zero-order valence-corrected chi connectivity index (χ0v) is 18.5. The van der Waals surface area contributed by atoms with E-state index < -0.39 is 11.8 Å². The molecule has 2 N–H and O–H groups in total. The summed E-state index contributed by atoms with van der Waals surface area (Å²) in [6, 6.07) is 12.7. The number of carbonyl (C=O) groups excluding carboxylic acids is 2. The Kier molecular flexibility index (Phi) is 7.69. The first-order chi connectivity index (χ1) is 15.2. The molecule has 2 aromatic rings. The van der Waals surface area contributed by atoms with Crippen LogP contribution in [0.4, 0.5) is 0 Å². The molecule has 2 aliphatic heterocycles. The molecule has 0 bridgehead atoms. The molecule has 2 amide bonds. The molecular weight excluding hydrogens is 412 g/mol. The van der Waals surface area contributed by atoms with E-state index in [0.29, 0.717) is 13.1 Å². The number of ether oxygens (including phenoxy) is 1. The average Bonchev–Trinajstić information content (AvgIpc) is 3.34. The number of hydrogen-bond acceptors (Lipinski definition) is 6. The van der Waals surface area contributed by atoms with Gasteiger partial charge in [0, 0.05) is 50.7 Å². The van der Waals surface area contributed by atoms with Gasteiger partial charge < -0.3 is 15.4 Å². The quantitative estimate of drug-likeness (QED) is 0.635. The van der Waals surface area contributed by atoms with Crippen LogP contribution in [0.15, 0.2) is 41.8 Å². The third kappa shape index (κ3) is 5.92. The summed E-state index contributed by atoms with van der Waals surface area (Å²) < 4.78 is 5.32. The highest BCUT2D eigenvalue weighted by atomic mass is 32.1. The molecule has 7 nitrogen and oxygen atoms in total. The van der Waals surface area contributed by atoms with Gasteiger partial charge in [-0.25, -0.2) is 0 Å². The van der Waals surface area contributed by atoms with Gasteiger partial charge in [-0.2, -0.15) is 0 Å². The fraction of sp³-hybridized carbons (Fsp3) is 0.478. The number of thiophene rings is 1. The second kappa shape index (κ2) is 10.9. The highest BCUT2D eigenvalue weighted by Crippen LogP contribution is 2.29. The standard InChI is InChI=1S/C23H30N4O3S/c28-22(24-8-10-26-11-13-30-14-12-26)23(29)25-16-20(21-6-3-15-31-21)27-9-7-18-4-1-2-5-19(18)17-27/h1-6,15,20H,7-14,16-17H2,(H,24,28)(H,25,29). The van der Waals surface area contributed by atoms with Crippen LogP contribution in [0.5, 0.6) is 0 Å². The van der Waals surface area contributed by atoms with Crippen LogP contribution in [-0.2, 0) is 27.3 Å². The minimum absolute atomic E-state index is 0.0541. The van der Waals surface area contributed by atoms with Gasteiger partial charge in [0.25, 0.3) is 0 Å². The van der Waals surface area contributed by atoms with Crippen LogP contribution in [0.25, 0.3) is 0 Å². The van der Waals surface area contributed by atoms with E-state index in [1.165, 1.54) is 16.0 Å². The summed E-state index contributed by atoms with van der Waals surface area (Å²) in [6.45, 7) is 6.56. The molecule has 3 heterocycles. The number of benzene rings is 1. The number of nitrogens with zero attached hydrogens (tertiary/aromatic N) is 2. The summed E-state index contributed by atoms with van der Waals surface area (Å²) in [6.07, 6.45) is 0.994. The number of rotatable bonds is 7. The van der Waals surface area contributed by atoms with E-state index >= 15 is 0 Å². The summed E-state index contributed by atoms with van der Waals surface area (Å²) in [4.78, 5) is 30.5. The summed E-state index contributed by atoms with van der Waals surface area (Å²) in [5, 5.41) is 7.65. The fourth-order valence-corrected chi connectivity index (χ4v) is 5.04. The Balaban J connectivity index is 1.29. The molecule has 0 radical (unpaired) electrons. The molecule has 0 saturated carbocycles. The van der Waals surface area contributed by atoms with Gasteiger partial charge in [-0.1, -0.05) is 30.3 Å². The van der Waals surface area contributed by atoms with Gasteiger partial charge >= 0.3 is 11.8 Å². The maximum Gasteiger partial charge on any atom is 0.309 e. The van der Waals surface area contributed by atoms with Gasteiger partial charge in [0.1, 0.15) is 0 Å². The van der Waals surface area contributed by atoms with Crippen molar-refractivity contribution in [2.24, 2.45) is 0 Å². The van der Waals surface area contributed by atoms with Crippen LogP contribution < -0.4 is 10.6 Å². The Hall–Kier alpha value is -2.26. The largest absolute Gasteiger partial charge is 0.379 e. The van der Waals surface area contributed by atoms with Crippen molar-refractivity contribution in [3.8, 4) is 0 Å². The zero-order chi connectivity index (χ0) is 21.5. The predicted molar refractivity (Wildman–Crippen MR) is 121 cm³/mol. The Labute approximate surface area is 187 Å². The molecule has 1 atom stereocenters. The highest BCUT2D eigenvalue weighted by molar-refractivity contribution is 7.10. The minimum Gasteiger partial charge on any atom is -0.379 e. The zero-order valence-electron chi connectivity index (χ0n) is 17.7. The maximum absolute atomic E-state index is 12.4. The molecule has 0 aliphatic carbocycles. The van der Waals surface area contributed by atoms with Crippen LogP contribution >= 0.6 is 11.3 Å². The monoisotopic (exact) mass is 442 g/mol. The van der Waals surface area contributed by atoms with E-state index in [9.17, 15) is 9.59 Å². The molecule has 0 spiro atoms. The Morgan fingerprint density at radius 1 is 1.00 bits per heavy atom. The molecule has 1 aromatic carbocycles. The molecule has 2 aliphatic rings. The lowest BCUT2D eigenvalue weighted by Crippen LogP contribution is -2.47. The highest BCUT2D eigenvalue weighted by Gasteiger charge is 2.26.